The molecule has 0 amide bonds. The summed E-state index contributed by atoms with van der Waals surface area (Å²) in [5, 5.41) is -0.586. The molecule has 0 fully saturated rings. The maximum atomic E-state index is 13.5. The zero-order valence-electron chi connectivity index (χ0n) is 10.1. The van der Waals surface area contributed by atoms with E-state index in [2.05, 4.69) is 20.9 Å². The van der Waals surface area contributed by atoms with Gasteiger partial charge in [-0.15, -0.1) is 0 Å². The van der Waals surface area contributed by atoms with Crippen molar-refractivity contribution in [2.45, 2.75) is 13.8 Å². The summed E-state index contributed by atoms with van der Waals surface area (Å²) in [5.41, 5.74) is 0.0979. The smallest absolute Gasteiger partial charge is 0.295 e. The normalized spacial score (nSPS) is 10.8. The predicted octanol–water partition coefficient (Wildman–Crippen LogP) is 2.70. The molecule has 0 aliphatic carbocycles. The number of aromatic amines is 1. The Morgan fingerprint density at radius 1 is 1.26 bits per heavy atom. The van der Waals surface area contributed by atoms with Crippen LogP contribution in [-0.2, 0) is 0 Å². The third-order valence-corrected chi connectivity index (χ3v) is 4.19. The van der Waals surface area contributed by atoms with Crippen LogP contribution in [0.2, 0.25) is 5.15 Å². The number of aromatic nitrogens is 2. The van der Waals surface area contributed by atoms with Crippen molar-refractivity contribution in [1.29, 1.82) is 0 Å². The standard InChI is InChI=1S/C12H9BrClFN2O2/c1-5-3-7(4-6(2)8(5)13)17-11(18)9(15)10(14)16-12(17)19/h3-4H,1-2H3,(H,16,19). The highest BCUT2D eigenvalue weighted by molar-refractivity contribution is 9.10. The van der Waals surface area contributed by atoms with Crippen molar-refractivity contribution in [3.8, 4) is 5.69 Å². The van der Waals surface area contributed by atoms with Gasteiger partial charge in [0.05, 0.1) is 5.69 Å². The number of hydrogen-bond acceptors (Lipinski definition) is 2. The Kier molecular flexibility index (Phi) is 3.64. The summed E-state index contributed by atoms with van der Waals surface area (Å²) in [6, 6.07) is 3.22. The molecular weight excluding hydrogens is 338 g/mol. The largest absolute Gasteiger partial charge is 0.334 e. The van der Waals surface area contributed by atoms with E-state index < -0.39 is 22.2 Å². The van der Waals surface area contributed by atoms with Gasteiger partial charge in [-0.25, -0.2) is 9.36 Å². The SMILES string of the molecule is Cc1cc(-n2c(=O)[nH]c(Cl)c(F)c2=O)cc(C)c1Br. The fourth-order valence-corrected chi connectivity index (χ4v) is 2.17. The summed E-state index contributed by atoms with van der Waals surface area (Å²) >= 11 is 8.80. The molecule has 0 bridgehead atoms. The minimum atomic E-state index is -1.18. The van der Waals surface area contributed by atoms with Crippen molar-refractivity contribution >= 4 is 27.5 Å². The molecule has 0 saturated heterocycles. The third-order valence-electron chi connectivity index (χ3n) is 2.68. The van der Waals surface area contributed by atoms with Crippen molar-refractivity contribution < 1.29 is 4.39 Å². The quantitative estimate of drug-likeness (QED) is 0.807. The fraction of sp³-hybridized carbons (Fsp3) is 0.167. The van der Waals surface area contributed by atoms with Crippen molar-refractivity contribution in [1.82, 2.24) is 9.55 Å². The van der Waals surface area contributed by atoms with Gasteiger partial charge >= 0.3 is 5.69 Å². The molecule has 19 heavy (non-hydrogen) atoms. The first-order chi connectivity index (χ1) is 8.82. The van der Waals surface area contributed by atoms with Gasteiger partial charge in [-0.2, -0.15) is 4.39 Å². The molecule has 0 radical (unpaired) electrons. The van der Waals surface area contributed by atoms with E-state index in [1.54, 1.807) is 12.1 Å². The van der Waals surface area contributed by atoms with Crippen molar-refractivity contribution in [3.63, 3.8) is 0 Å². The van der Waals surface area contributed by atoms with Crippen LogP contribution in [0.5, 0.6) is 0 Å². The fourth-order valence-electron chi connectivity index (χ4n) is 1.78. The van der Waals surface area contributed by atoms with Crippen LogP contribution in [0.15, 0.2) is 26.2 Å². The first-order valence-electron chi connectivity index (χ1n) is 5.30. The molecule has 1 aromatic heterocycles. The molecular formula is C12H9BrClFN2O2. The van der Waals surface area contributed by atoms with Crippen LogP contribution in [0, 0.1) is 19.7 Å². The first-order valence-corrected chi connectivity index (χ1v) is 6.47. The minimum Gasteiger partial charge on any atom is -0.295 e. The molecule has 4 nitrogen and oxygen atoms in total. The first kappa shape index (κ1) is 14.0. The maximum Gasteiger partial charge on any atom is 0.334 e. The average molecular weight is 348 g/mol. The third kappa shape index (κ3) is 2.37. The Morgan fingerprint density at radius 3 is 2.32 bits per heavy atom. The number of H-pyrrole nitrogens is 1. The summed E-state index contributed by atoms with van der Waals surface area (Å²) in [4.78, 5) is 25.6. The van der Waals surface area contributed by atoms with Crippen molar-refractivity contribution in [2.75, 3.05) is 0 Å². The van der Waals surface area contributed by atoms with Crippen LogP contribution < -0.4 is 11.2 Å². The Balaban J connectivity index is 2.84. The lowest BCUT2D eigenvalue weighted by atomic mass is 10.1. The number of halogens is 3. The number of benzene rings is 1. The maximum absolute atomic E-state index is 13.5. The number of rotatable bonds is 1. The van der Waals surface area contributed by atoms with Crippen LogP contribution in [-0.4, -0.2) is 9.55 Å². The molecule has 2 aromatic rings. The topological polar surface area (TPSA) is 54.9 Å². The summed E-state index contributed by atoms with van der Waals surface area (Å²) in [6.07, 6.45) is 0. The predicted molar refractivity (Wildman–Crippen MR) is 74.8 cm³/mol. The Hall–Kier alpha value is -1.40. The van der Waals surface area contributed by atoms with Gasteiger partial charge in [0.15, 0.2) is 5.15 Å². The lowest BCUT2D eigenvalue weighted by molar-refractivity contribution is 0.584. The molecule has 0 spiro atoms. The van der Waals surface area contributed by atoms with E-state index in [1.807, 2.05) is 13.8 Å². The van der Waals surface area contributed by atoms with E-state index in [0.717, 1.165) is 15.6 Å². The second kappa shape index (κ2) is 4.94. The number of aryl methyl sites for hydroxylation is 2. The Labute approximate surface area is 121 Å². The summed E-state index contributed by atoms with van der Waals surface area (Å²) in [5.74, 6) is -1.18. The van der Waals surface area contributed by atoms with Crippen LogP contribution in [0.4, 0.5) is 4.39 Å². The van der Waals surface area contributed by atoms with Gasteiger partial charge < -0.3 is 0 Å². The van der Waals surface area contributed by atoms with E-state index in [1.165, 1.54) is 0 Å². The highest BCUT2D eigenvalue weighted by Gasteiger charge is 2.14. The second-order valence-electron chi connectivity index (χ2n) is 4.09. The zero-order chi connectivity index (χ0) is 14.3. The van der Waals surface area contributed by atoms with Crippen LogP contribution in [0.3, 0.4) is 0 Å². The van der Waals surface area contributed by atoms with Gasteiger partial charge in [0.2, 0.25) is 5.82 Å². The van der Waals surface area contributed by atoms with Gasteiger partial charge in [-0.05, 0) is 37.1 Å². The number of nitrogens with one attached hydrogen (secondary N) is 1. The molecule has 0 atom stereocenters. The van der Waals surface area contributed by atoms with E-state index >= 15 is 0 Å². The number of hydrogen-bond donors (Lipinski definition) is 1. The van der Waals surface area contributed by atoms with Crippen LogP contribution in [0.1, 0.15) is 11.1 Å². The molecule has 0 saturated carbocycles. The Bertz CT molecular complexity index is 759. The van der Waals surface area contributed by atoms with E-state index in [4.69, 9.17) is 11.6 Å². The molecule has 100 valence electrons. The van der Waals surface area contributed by atoms with E-state index in [0.29, 0.717) is 10.3 Å². The monoisotopic (exact) mass is 346 g/mol. The van der Waals surface area contributed by atoms with Gasteiger partial charge in [-0.1, -0.05) is 27.5 Å². The molecule has 1 N–H and O–H groups in total. The minimum absolute atomic E-state index is 0.292. The zero-order valence-corrected chi connectivity index (χ0v) is 12.4. The van der Waals surface area contributed by atoms with Crippen molar-refractivity contribution in [2.24, 2.45) is 0 Å². The van der Waals surface area contributed by atoms with Crippen LogP contribution in [0.25, 0.3) is 5.69 Å². The van der Waals surface area contributed by atoms with Crippen LogP contribution >= 0.6 is 27.5 Å². The average Bonchev–Trinajstić information content (AvgIpc) is 2.33. The van der Waals surface area contributed by atoms with E-state index in [-0.39, 0.29) is 0 Å². The molecule has 1 heterocycles. The lowest BCUT2D eigenvalue weighted by Crippen LogP contribution is -2.35. The highest BCUT2D eigenvalue weighted by atomic mass is 79.9. The Morgan fingerprint density at radius 2 is 1.79 bits per heavy atom. The molecule has 0 aliphatic heterocycles. The highest BCUT2D eigenvalue weighted by Crippen LogP contribution is 2.23. The molecule has 2 rings (SSSR count). The van der Waals surface area contributed by atoms with Gasteiger partial charge in [-0.3, -0.25) is 9.78 Å². The number of nitrogens with zero attached hydrogens (tertiary/aromatic N) is 1. The van der Waals surface area contributed by atoms with E-state index in [9.17, 15) is 14.0 Å². The van der Waals surface area contributed by atoms with Gasteiger partial charge in [0, 0.05) is 4.47 Å². The lowest BCUT2D eigenvalue weighted by Gasteiger charge is -2.09. The second-order valence-corrected chi connectivity index (χ2v) is 5.26. The molecule has 0 aliphatic rings. The van der Waals surface area contributed by atoms with Gasteiger partial charge in [0.25, 0.3) is 5.56 Å². The van der Waals surface area contributed by atoms with Gasteiger partial charge in [0.1, 0.15) is 0 Å². The summed E-state index contributed by atoms with van der Waals surface area (Å²) in [6.45, 7) is 3.62. The summed E-state index contributed by atoms with van der Waals surface area (Å²) < 4.78 is 15.1. The molecule has 7 heteroatoms. The summed E-state index contributed by atoms with van der Waals surface area (Å²) in [7, 11) is 0. The molecule has 1 aromatic carbocycles. The van der Waals surface area contributed by atoms with Crippen molar-refractivity contribution in [3.05, 3.63) is 59.5 Å². The molecule has 0 unspecified atom stereocenters.